The molecular formula is C16H18N2O5S2. The lowest BCUT2D eigenvalue weighted by Gasteiger charge is -2.24. The lowest BCUT2D eigenvalue weighted by molar-refractivity contribution is -0.120. The van der Waals surface area contributed by atoms with Gasteiger partial charge in [0.05, 0.1) is 17.5 Å². The topological polar surface area (TPSA) is 85.3 Å². The Morgan fingerprint density at radius 1 is 1.28 bits per heavy atom. The molecule has 2 fully saturated rings. The van der Waals surface area contributed by atoms with Gasteiger partial charge in [0, 0.05) is 22.9 Å². The first-order valence-electron chi connectivity index (χ1n) is 8.02. The molecule has 0 bridgehead atoms. The van der Waals surface area contributed by atoms with Crippen LogP contribution in [0.1, 0.15) is 13.8 Å². The number of ether oxygens (including phenoxy) is 2. The first-order chi connectivity index (χ1) is 11.8. The van der Waals surface area contributed by atoms with Gasteiger partial charge in [-0.3, -0.25) is 4.79 Å². The van der Waals surface area contributed by atoms with Gasteiger partial charge in [-0.25, -0.2) is 8.42 Å². The van der Waals surface area contributed by atoms with Crippen molar-refractivity contribution in [3.63, 3.8) is 0 Å². The monoisotopic (exact) mass is 382 g/mol. The zero-order valence-corrected chi connectivity index (χ0v) is 15.5. The second-order valence-corrected chi connectivity index (χ2v) is 9.96. The number of hydrogen-bond acceptors (Lipinski definition) is 6. The van der Waals surface area contributed by atoms with Crippen LogP contribution in [0.3, 0.4) is 0 Å². The molecule has 0 saturated carbocycles. The highest BCUT2D eigenvalue weighted by molar-refractivity contribution is 8.16. The Bertz CT molecular complexity index is 865. The Hall–Kier alpha value is -1.74. The number of amides is 1. The first-order valence-corrected chi connectivity index (χ1v) is 10.7. The minimum absolute atomic E-state index is 0.0635. The molecule has 3 aliphatic rings. The predicted octanol–water partition coefficient (Wildman–Crippen LogP) is 1.67. The average Bonchev–Trinajstić information content (AvgIpc) is 3.18. The van der Waals surface area contributed by atoms with Gasteiger partial charge in [-0.05, 0) is 12.1 Å². The van der Waals surface area contributed by atoms with Crippen molar-refractivity contribution in [2.24, 2.45) is 10.9 Å². The quantitative estimate of drug-likeness (QED) is 0.769. The Labute approximate surface area is 150 Å². The average molecular weight is 382 g/mol. The molecule has 1 aromatic rings. The van der Waals surface area contributed by atoms with Gasteiger partial charge in [-0.15, -0.1) is 0 Å². The van der Waals surface area contributed by atoms with E-state index in [1.54, 1.807) is 19.9 Å². The molecule has 0 N–H and O–H groups in total. The summed E-state index contributed by atoms with van der Waals surface area (Å²) < 4.78 is 34.9. The molecule has 0 aromatic heterocycles. The Morgan fingerprint density at radius 3 is 2.80 bits per heavy atom. The zero-order valence-electron chi connectivity index (χ0n) is 13.8. The molecule has 1 amide bonds. The van der Waals surface area contributed by atoms with E-state index in [-0.39, 0.29) is 41.4 Å². The molecule has 3 heterocycles. The van der Waals surface area contributed by atoms with Gasteiger partial charge < -0.3 is 14.4 Å². The number of sulfone groups is 1. The Balaban J connectivity index is 1.75. The summed E-state index contributed by atoms with van der Waals surface area (Å²) in [6.07, 6.45) is 0. The highest BCUT2D eigenvalue weighted by Gasteiger charge is 2.49. The Kier molecular flexibility index (Phi) is 3.95. The maximum Gasteiger partial charge on any atom is 0.250 e. The summed E-state index contributed by atoms with van der Waals surface area (Å²) >= 11 is 1.37. The van der Waals surface area contributed by atoms with Crippen LogP contribution >= 0.6 is 11.8 Å². The van der Waals surface area contributed by atoms with Gasteiger partial charge in [0.1, 0.15) is 0 Å². The number of carbonyl (C=O) groups is 1. The summed E-state index contributed by atoms with van der Waals surface area (Å²) in [4.78, 5) is 18.2. The Morgan fingerprint density at radius 2 is 2.04 bits per heavy atom. The number of carbonyl (C=O) groups excluding carboxylic acids is 1. The minimum atomic E-state index is -3.08. The second-order valence-electron chi connectivity index (χ2n) is 6.60. The van der Waals surface area contributed by atoms with E-state index in [1.807, 2.05) is 17.0 Å². The molecule has 0 unspecified atom stereocenters. The van der Waals surface area contributed by atoms with Crippen molar-refractivity contribution in [1.29, 1.82) is 0 Å². The lowest BCUT2D eigenvalue weighted by Crippen LogP contribution is -2.37. The van der Waals surface area contributed by atoms with Crippen molar-refractivity contribution in [3.8, 4) is 11.5 Å². The number of anilines is 1. The van der Waals surface area contributed by atoms with Crippen LogP contribution in [-0.2, 0) is 14.6 Å². The van der Waals surface area contributed by atoms with E-state index in [2.05, 4.69) is 4.99 Å². The summed E-state index contributed by atoms with van der Waals surface area (Å²) in [5.41, 5.74) is 0.761. The number of thioether (sulfide) groups is 1. The summed E-state index contributed by atoms with van der Waals surface area (Å²) in [5.74, 6) is 1.02. The normalized spacial score (nSPS) is 28.0. The molecular weight excluding hydrogens is 364 g/mol. The van der Waals surface area contributed by atoms with Crippen LogP contribution in [0.15, 0.2) is 23.2 Å². The molecule has 0 radical (unpaired) electrons. The number of fused-ring (bicyclic) bond motifs is 2. The molecule has 4 rings (SSSR count). The number of aliphatic imine (C=N–C) groups is 1. The molecule has 3 aliphatic heterocycles. The standard InChI is InChI=1S/C16H18N2O5S2/c1-9(2)15(19)17-16-18(11-6-25(20,21)7-14(11)24-16)10-3-4-12-13(5-10)23-8-22-12/h3-5,9,11,14H,6-8H2,1-2H3/t11-,14-/m1/s1. The van der Waals surface area contributed by atoms with E-state index in [9.17, 15) is 13.2 Å². The molecule has 25 heavy (non-hydrogen) atoms. The third-order valence-electron chi connectivity index (χ3n) is 4.40. The summed E-state index contributed by atoms with van der Waals surface area (Å²) in [5, 5.41) is 0.441. The van der Waals surface area contributed by atoms with E-state index in [4.69, 9.17) is 9.47 Å². The molecule has 0 spiro atoms. The van der Waals surface area contributed by atoms with Crippen LogP contribution < -0.4 is 14.4 Å². The van der Waals surface area contributed by atoms with E-state index in [0.29, 0.717) is 16.7 Å². The number of benzene rings is 1. The highest BCUT2D eigenvalue weighted by Crippen LogP contribution is 2.43. The van der Waals surface area contributed by atoms with E-state index < -0.39 is 9.84 Å². The number of nitrogens with zero attached hydrogens (tertiary/aromatic N) is 2. The van der Waals surface area contributed by atoms with E-state index in [1.165, 1.54) is 11.8 Å². The second kappa shape index (κ2) is 5.91. The number of rotatable bonds is 2. The summed E-state index contributed by atoms with van der Waals surface area (Å²) in [6, 6.07) is 5.22. The van der Waals surface area contributed by atoms with Gasteiger partial charge in [0.25, 0.3) is 5.91 Å². The van der Waals surface area contributed by atoms with Crippen molar-refractivity contribution < 1.29 is 22.7 Å². The third-order valence-corrected chi connectivity index (χ3v) is 7.61. The van der Waals surface area contributed by atoms with Crippen LogP contribution in [0, 0.1) is 5.92 Å². The summed E-state index contributed by atoms with van der Waals surface area (Å²) in [7, 11) is -3.08. The molecule has 0 aliphatic carbocycles. The van der Waals surface area contributed by atoms with Gasteiger partial charge in [-0.2, -0.15) is 4.99 Å². The van der Waals surface area contributed by atoms with Gasteiger partial charge in [0.2, 0.25) is 6.79 Å². The number of amidine groups is 1. The highest BCUT2D eigenvalue weighted by atomic mass is 32.2. The smallest absolute Gasteiger partial charge is 0.250 e. The molecule has 2 saturated heterocycles. The van der Waals surface area contributed by atoms with Crippen LogP contribution in [0.4, 0.5) is 5.69 Å². The maximum absolute atomic E-state index is 12.1. The fraction of sp³-hybridized carbons (Fsp3) is 0.500. The van der Waals surface area contributed by atoms with Crippen molar-refractivity contribution >= 4 is 38.4 Å². The maximum atomic E-state index is 12.1. The fourth-order valence-corrected chi connectivity index (χ4v) is 7.04. The van der Waals surface area contributed by atoms with Crippen LogP contribution in [-0.4, -0.2) is 49.1 Å². The third kappa shape index (κ3) is 2.99. The molecule has 9 heteroatoms. The lowest BCUT2D eigenvalue weighted by atomic mass is 10.2. The summed E-state index contributed by atoms with van der Waals surface area (Å²) in [6.45, 7) is 3.76. The van der Waals surface area contributed by atoms with Gasteiger partial charge in [0.15, 0.2) is 26.5 Å². The van der Waals surface area contributed by atoms with Gasteiger partial charge >= 0.3 is 0 Å². The van der Waals surface area contributed by atoms with Crippen LogP contribution in [0.5, 0.6) is 11.5 Å². The molecule has 1 aromatic carbocycles. The first kappa shape index (κ1) is 16.7. The molecule has 2 atom stereocenters. The van der Waals surface area contributed by atoms with Gasteiger partial charge in [-0.1, -0.05) is 25.6 Å². The van der Waals surface area contributed by atoms with Crippen LogP contribution in [0.25, 0.3) is 0 Å². The molecule has 134 valence electrons. The predicted molar refractivity (Wildman–Crippen MR) is 96.1 cm³/mol. The number of hydrogen-bond donors (Lipinski definition) is 0. The van der Waals surface area contributed by atoms with Crippen molar-refractivity contribution in [2.45, 2.75) is 25.1 Å². The van der Waals surface area contributed by atoms with Crippen LogP contribution in [0.2, 0.25) is 0 Å². The minimum Gasteiger partial charge on any atom is -0.454 e. The van der Waals surface area contributed by atoms with E-state index >= 15 is 0 Å². The van der Waals surface area contributed by atoms with Crippen molar-refractivity contribution in [2.75, 3.05) is 23.2 Å². The van der Waals surface area contributed by atoms with Crippen molar-refractivity contribution in [3.05, 3.63) is 18.2 Å². The van der Waals surface area contributed by atoms with Crippen molar-refractivity contribution in [1.82, 2.24) is 0 Å². The molecule has 7 nitrogen and oxygen atoms in total. The fourth-order valence-electron chi connectivity index (χ4n) is 3.12. The largest absolute Gasteiger partial charge is 0.454 e. The van der Waals surface area contributed by atoms with E-state index in [0.717, 1.165) is 5.69 Å². The SMILES string of the molecule is CC(C)C(=O)N=C1S[C@@H]2CS(=O)(=O)C[C@H]2N1c1ccc2c(c1)OCO2. The zero-order chi connectivity index (χ0) is 17.8.